The van der Waals surface area contributed by atoms with Crippen LogP contribution in [0.15, 0.2) is 60.7 Å². The number of hydrogen-bond acceptors (Lipinski definition) is 2. The highest BCUT2D eigenvalue weighted by molar-refractivity contribution is 5.15. The molecule has 0 spiro atoms. The molecule has 2 aromatic rings. The van der Waals surface area contributed by atoms with Gasteiger partial charge in [0.25, 0.3) is 0 Å². The van der Waals surface area contributed by atoms with E-state index in [-0.39, 0.29) is 0 Å². The lowest BCUT2D eigenvalue weighted by atomic mass is 10.1. The second-order valence-corrected chi connectivity index (χ2v) is 4.65. The van der Waals surface area contributed by atoms with Crippen LogP contribution >= 0.6 is 0 Å². The Balaban J connectivity index is 1.49. The zero-order valence-electron chi connectivity index (χ0n) is 11.3. The third kappa shape index (κ3) is 5.69. The maximum Gasteiger partial charge on any atom is 0.0454 e. The second kappa shape index (κ2) is 8.46. The first kappa shape index (κ1) is 13.8. The fraction of sp³-hybridized carbons (Fsp3) is 0.294. The molecule has 2 heteroatoms. The summed E-state index contributed by atoms with van der Waals surface area (Å²) in [5.74, 6) is 0. The SMILES string of the molecule is c1ccc(CCNCNCCc2ccccc2)cc1. The molecule has 0 unspecified atom stereocenters. The molecular weight excluding hydrogens is 232 g/mol. The van der Waals surface area contributed by atoms with E-state index in [2.05, 4.69) is 71.3 Å². The molecule has 0 amide bonds. The lowest BCUT2D eigenvalue weighted by molar-refractivity contribution is 0.584. The molecule has 100 valence electrons. The molecule has 0 bridgehead atoms. The molecule has 2 aromatic carbocycles. The lowest BCUT2D eigenvalue weighted by Crippen LogP contribution is -2.31. The third-order valence-electron chi connectivity index (χ3n) is 3.12. The monoisotopic (exact) mass is 254 g/mol. The number of benzene rings is 2. The molecule has 0 saturated heterocycles. The van der Waals surface area contributed by atoms with E-state index in [0.717, 1.165) is 32.6 Å². The molecule has 0 aliphatic carbocycles. The Hall–Kier alpha value is -1.64. The van der Waals surface area contributed by atoms with Crippen molar-refractivity contribution in [3.8, 4) is 0 Å². The van der Waals surface area contributed by atoms with E-state index in [0.29, 0.717) is 0 Å². The fourth-order valence-corrected chi connectivity index (χ4v) is 2.02. The topological polar surface area (TPSA) is 24.1 Å². The van der Waals surface area contributed by atoms with Crippen molar-refractivity contribution in [2.24, 2.45) is 0 Å². The molecule has 0 aromatic heterocycles. The van der Waals surface area contributed by atoms with Crippen LogP contribution in [0.25, 0.3) is 0 Å². The minimum atomic E-state index is 0.875. The van der Waals surface area contributed by atoms with E-state index in [9.17, 15) is 0 Å². The quantitative estimate of drug-likeness (QED) is 0.559. The average molecular weight is 254 g/mol. The fourth-order valence-electron chi connectivity index (χ4n) is 2.02. The number of hydrogen-bond donors (Lipinski definition) is 2. The predicted octanol–water partition coefficient (Wildman–Crippen LogP) is 2.61. The van der Waals surface area contributed by atoms with Crippen LogP contribution in [0.5, 0.6) is 0 Å². The van der Waals surface area contributed by atoms with Crippen LogP contribution in [0.2, 0.25) is 0 Å². The largest absolute Gasteiger partial charge is 0.304 e. The molecule has 2 rings (SSSR count). The van der Waals surface area contributed by atoms with Crippen LogP contribution in [0.4, 0.5) is 0 Å². The Morgan fingerprint density at radius 2 is 1.00 bits per heavy atom. The molecule has 2 nitrogen and oxygen atoms in total. The van der Waals surface area contributed by atoms with Crippen molar-refractivity contribution in [1.82, 2.24) is 10.6 Å². The van der Waals surface area contributed by atoms with Gasteiger partial charge in [0.15, 0.2) is 0 Å². The first-order chi connectivity index (χ1) is 9.45. The first-order valence-corrected chi connectivity index (χ1v) is 6.94. The summed E-state index contributed by atoms with van der Waals surface area (Å²) in [6.07, 6.45) is 2.17. The molecule has 0 aliphatic rings. The van der Waals surface area contributed by atoms with E-state index in [4.69, 9.17) is 0 Å². The zero-order chi connectivity index (χ0) is 13.2. The van der Waals surface area contributed by atoms with E-state index in [1.54, 1.807) is 0 Å². The summed E-state index contributed by atoms with van der Waals surface area (Å²) in [5.41, 5.74) is 2.78. The van der Waals surface area contributed by atoms with Gasteiger partial charge < -0.3 is 10.6 Å². The number of rotatable bonds is 8. The zero-order valence-corrected chi connectivity index (χ0v) is 11.3. The van der Waals surface area contributed by atoms with E-state index in [1.165, 1.54) is 11.1 Å². The summed E-state index contributed by atoms with van der Waals surface area (Å²) in [6.45, 7) is 2.91. The highest BCUT2D eigenvalue weighted by Gasteiger charge is 1.92. The number of nitrogens with one attached hydrogen (secondary N) is 2. The normalized spacial score (nSPS) is 10.5. The van der Waals surface area contributed by atoms with Gasteiger partial charge in [-0.1, -0.05) is 60.7 Å². The molecule has 0 saturated carbocycles. The molecule has 0 atom stereocenters. The average Bonchev–Trinajstić information content (AvgIpc) is 2.48. The predicted molar refractivity (Wildman–Crippen MR) is 81.2 cm³/mol. The van der Waals surface area contributed by atoms with Crippen LogP contribution in [0, 0.1) is 0 Å². The molecular formula is C17H22N2. The van der Waals surface area contributed by atoms with Crippen LogP contribution in [0.3, 0.4) is 0 Å². The van der Waals surface area contributed by atoms with Gasteiger partial charge in [0.2, 0.25) is 0 Å². The minimum Gasteiger partial charge on any atom is -0.304 e. The van der Waals surface area contributed by atoms with Gasteiger partial charge in [-0.15, -0.1) is 0 Å². The Bertz CT molecular complexity index is 396. The van der Waals surface area contributed by atoms with Gasteiger partial charge >= 0.3 is 0 Å². The lowest BCUT2D eigenvalue weighted by Gasteiger charge is -2.07. The minimum absolute atomic E-state index is 0.875. The summed E-state index contributed by atoms with van der Waals surface area (Å²) in [4.78, 5) is 0. The van der Waals surface area contributed by atoms with E-state index >= 15 is 0 Å². The molecule has 19 heavy (non-hydrogen) atoms. The van der Waals surface area contributed by atoms with Gasteiger partial charge in [0, 0.05) is 19.8 Å². The Morgan fingerprint density at radius 3 is 1.42 bits per heavy atom. The Labute approximate surface area is 115 Å². The van der Waals surface area contributed by atoms with Crippen molar-refractivity contribution < 1.29 is 0 Å². The van der Waals surface area contributed by atoms with Crippen molar-refractivity contribution in [1.29, 1.82) is 0 Å². The van der Waals surface area contributed by atoms with E-state index < -0.39 is 0 Å². The Morgan fingerprint density at radius 1 is 0.579 bits per heavy atom. The summed E-state index contributed by atoms with van der Waals surface area (Å²) < 4.78 is 0. The molecule has 2 N–H and O–H groups in total. The van der Waals surface area contributed by atoms with Crippen molar-refractivity contribution in [3.05, 3.63) is 71.8 Å². The van der Waals surface area contributed by atoms with Crippen LogP contribution in [-0.2, 0) is 12.8 Å². The summed E-state index contributed by atoms with van der Waals surface area (Å²) in [6, 6.07) is 21.2. The first-order valence-electron chi connectivity index (χ1n) is 6.94. The highest BCUT2D eigenvalue weighted by atomic mass is 15.0. The van der Waals surface area contributed by atoms with Crippen LogP contribution < -0.4 is 10.6 Å². The van der Waals surface area contributed by atoms with Crippen molar-refractivity contribution in [3.63, 3.8) is 0 Å². The van der Waals surface area contributed by atoms with Gasteiger partial charge in [0.05, 0.1) is 0 Å². The standard InChI is InChI=1S/C17H22N2/c1-3-7-16(8-4-1)11-13-18-15-19-14-12-17-9-5-2-6-10-17/h1-10,18-19H,11-15H2. The van der Waals surface area contributed by atoms with Gasteiger partial charge in [-0.25, -0.2) is 0 Å². The summed E-state index contributed by atoms with van der Waals surface area (Å²) in [5, 5.41) is 6.82. The van der Waals surface area contributed by atoms with Gasteiger partial charge in [-0.3, -0.25) is 0 Å². The smallest absolute Gasteiger partial charge is 0.0454 e. The summed E-state index contributed by atoms with van der Waals surface area (Å²) >= 11 is 0. The maximum atomic E-state index is 3.41. The van der Waals surface area contributed by atoms with Crippen LogP contribution in [-0.4, -0.2) is 19.8 Å². The van der Waals surface area contributed by atoms with Crippen molar-refractivity contribution in [2.75, 3.05) is 19.8 Å². The molecule has 0 fully saturated rings. The molecule has 0 radical (unpaired) electrons. The Kier molecular flexibility index (Phi) is 6.14. The molecule has 0 aliphatic heterocycles. The van der Waals surface area contributed by atoms with Gasteiger partial charge in [-0.05, 0) is 24.0 Å². The van der Waals surface area contributed by atoms with Gasteiger partial charge in [0.1, 0.15) is 0 Å². The summed E-state index contributed by atoms with van der Waals surface area (Å²) in [7, 11) is 0. The molecule has 0 heterocycles. The van der Waals surface area contributed by atoms with E-state index in [1.807, 2.05) is 0 Å². The van der Waals surface area contributed by atoms with Crippen molar-refractivity contribution in [2.45, 2.75) is 12.8 Å². The van der Waals surface area contributed by atoms with Crippen molar-refractivity contribution >= 4 is 0 Å². The van der Waals surface area contributed by atoms with Crippen LogP contribution in [0.1, 0.15) is 11.1 Å². The third-order valence-corrected chi connectivity index (χ3v) is 3.12. The highest BCUT2D eigenvalue weighted by Crippen LogP contribution is 1.98. The maximum absolute atomic E-state index is 3.41. The second-order valence-electron chi connectivity index (χ2n) is 4.65. The van der Waals surface area contributed by atoms with Gasteiger partial charge in [-0.2, -0.15) is 0 Å².